The summed E-state index contributed by atoms with van der Waals surface area (Å²) in [4.78, 5) is 0. The predicted octanol–water partition coefficient (Wildman–Crippen LogP) is 1.03. The van der Waals surface area contributed by atoms with Crippen molar-refractivity contribution in [2.24, 2.45) is 0 Å². The molecular formula is C10H14O3. The van der Waals surface area contributed by atoms with Gasteiger partial charge in [-0.3, -0.25) is 0 Å². The number of rotatable bonds is 3. The third-order valence-electron chi connectivity index (χ3n) is 2.01. The highest BCUT2D eigenvalue weighted by molar-refractivity contribution is 5.41. The molecule has 1 aromatic rings. The van der Waals surface area contributed by atoms with E-state index in [1.165, 1.54) is 0 Å². The number of aliphatic hydroxyl groups is 2. The van der Waals surface area contributed by atoms with Crippen LogP contribution in [0.3, 0.4) is 0 Å². The molecule has 0 aliphatic rings. The zero-order chi connectivity index (χ0) is 9.84. The van der Waals surface area contributed by atoms with E-state index in [-0.39, 0.29) is 6.61 Å². The van der Waals surface area contributed by atoms with Crippen LogP contribution in [0.5, 0.6) is 5.75 Å². The normalized spacial score (nSPS) is 12.6. The molecule has 1 rings (SSSR count). The molecule has 0 aliphatic heterocycles. The van der Waals surface area contributed by atoms with Crippen LogP contribution in [0.4, 0.5) is 0 Å². The predicted molar refractivity (Wildman–Crippen MR) is 49.8 cm³/mol. The van der Waals surface area contributed by atoms with Crippen LogP contribution in [-0.4, -0.2) is 23.9 Å². The highest BCUT2D eigenvalue weighted by Gasteiger charge is 2.14. The molecule has 13 heavy (non-hydrogen) atoms. The van der Waals surface area contributed by atoms with Crippen LogP contribution in [0.2, 0.25) is 0 Å². The van der Waals surface area contributed by atoms with Crippen molar-refractivity contribution in [3.63, 3.8) is 0 Å². The van der Waals surface area contributed by atoms with Crippen molar-refractivity contribution in [2.45, 2.75) is 13.0 Å². The van der Waals surface area contributed by atoms with E-state index in [1.54, 1.807) is 13.2 Å². The Labute approximate surface area is 77.6 Å². The quantitative estimate of drug-likeness (QED) is 0.734. The third-order valence-corrected chi connectivity index (χ3v) is 2.01. The lowest BCUT2D eigenvalue weighted by Crippen LogP contribution is -2.06. The van der Waals surface area contributed by atoms with Gasteiger partial charge in [-0.1, -0.05) is 12.1 Å². The second-order valence-corrected chi connectivity index (χ2v) is 2.89. The fraction of sp³-hybridized carbons (Fsp3) is 0.400. The number of hydrogen-bond acceptors (Lipinski definition) is 3. The lowest BCUT2D eigenvalue weighted by Gasteiger charge is -2.14. The molecule has 0 bridgehead atoms. The first-order valence-corrected chi connectivity index (χ1v) is 4.13. The van der Waals surface area contributed by atoms with E-state index >= 15 is 0 Å². The third kappa shape index (κ3) is 1.99. The Bertz CT molecular complexity index is 283. The van der Waals surface area contributed by atoms with Crippen molar-refractivity contribution < 1.29 is 14.9 Å². The molecule has 0 amide bonds. The molecule has 0 saturated heterocycles. The number of aliphatic hydroxyl groups excluding tert-OH is 2. The van der Waals surface area contributed by atoms with Gasteiger partial charge in [-0.2, -0.15) is 0 Å². The molecule has 0 radical (unpaired) electrons. The zero-order valence-corrected chi connectivity index (χ0v) is 7.82. The molecule has 0 saturated carbocycles. The zero-order valence-electron chi connectivity index (χ0n) is 7.82. The molecule has 0 aliphatic carbocycles. The van der Waals surface area contributed by atoms with Crippen molar-refractivity contribution in [2.75, 3.05) is 13.7 Å². The van der Waals surface area contributed by atoms with E-state index in [2.05, 4.69) is 0 Å². The number of methoxy groups -OCH3 is 1. The fourth-order valence-electron chi connectivity index (χ4n) is 1.35. The topological polar surface area (TPSA) is 49.7 Å². The van der Waals surface area contributed by atoms with E-state index in [0.717, 1.165) is 5.56 Å². The van der Waals surface area contributed by atoms with Crippen molar-refractivity contribution in [3.8, 4) is 5.75 Å². The Morgan fingerprint density at radius 3 is 2.69 bits per heavy atom. The summed E-state index contributed by atoms with van der Waals surface area (Å²) in [6.45, 7) is 1.58. The lowest BCUT2D eigenvalue weighted by atomic mass is 10.0. The summed E-state index contributed by atoms with van der Waals surface area (Å²) in [5.41, 5.74) is 1.58. The number of hydrogen-bond donors (Lipinski definition) is 2. The average molecular weight is 182 g/mol. The molecule has 3 heteroatoms. The molecule has 0 fully saturated rings. The Kier molecular flexibility index (Phi) is 3.28. The molecule has 1 aromatic carbocycles. The van der Waals surface area contributed by atoms with Gasteiger partial charge in [0.15, 0.2) is 0 Å². The van der Waals surface area contributed by atoms with Crippen molar-refractivity contribution in [1.82, 2.24) is 0 Å². The Morgan fingerprint density at radius 2 is 2.15 bits per heavy atom. The molecule has 72 valence electrons. The van der Waals surface area contributed by atoms with Crippen LogP contribution >= 0.6 is 0 Å². The summed E-state index contributed by atoms with van der Waals surface area (Å²) in [6.07, 6.45) is -0.865. The van der Waals surface area contributed by atoms with Crippen LogP contribution in [0.1, 0.15) is 17.2 Å². The minimum atomic E-state index is -0.865. The number of benzene rings is 1. The first-order valence-electron chi connectivity index (χ1n) is 4.13. The SMILES string of the molecule is COc1cccc(C)c1C(O)CO. The molecule has 1 atom stereocenters. The van der Waals surface area contributed by atoms with Gasteiger partial charge in [0.2, 0.25) is 0 Å². The van der Waals surface area contributed by atoms with Crippen molar-refractivity contribution in [1.29, 1.82) is 0 Å². The maximum Gasteiger partial charge on any atom is 0.125 e. The van der Waals surface area contributed by atoms with E-state index < -0.39 is 6.10 Å². The first-order chi connectivity index (χ1) is 6.20. The lowest BCUT2D eigenvalue weighted by molar-refractivity contribution is 0.0928. The van der Waals surface area contributed by atoms with Crippen LogP contribution in [0.15, 0.2) is 18.2 Å². The average Bonchev–Trinajstić information content (AvgIpc) is 2.16. The van der Waals surface area contributed by atoms with Crippen LogP contribution in [-0.2, 0) is 0 Å². The standard InChI is InChI=1S/C10H14O3/c1-7-4-3-5-9(13-2)10(7)8(12)6-11/h3-5,8,11-12H,6H2,1-2H3. The number of ether oxygens (including phenoxy) is 1. The molecule has 1 unspecified atom stereocenters. The molecule has 2 N–H and O–H groups in total. The summed E-state index contributed by atoms with van der Waals surface area (Å²) in [6, 6.07) is 5.49. The Balaban J connectivity index is 3.14. The van der Waals surface area contributed by atoms with Crippen molar-refractivity contribution >= 4 is 0 Å². The summed E-state index contributed by atoms with van der Waals surface area (Å²) >= 11 is 0. The van der Waals surface area contributed by atoms with E-state index in [0.29, 0.717) is 11.3 Å². The van der Waals surface area contributed by atoms with Gasteiger partial charge in [0.1, 0.15) is 11.9 Å². The van der Waals surface area contributed by atoms with Gasteiger partial charge in [0.25, 0.3) is 0 Å². The van der Waals surface area contributed by atoms with Gasteiger partial charge in [0.05, 0.1) is 13.7 Å². The Morgan fingerprint density at radius 1 is 1.46 bits per heavy atom. The molecule has 0 aromatic heterocycles. The van der Waals surface area contributed by atoms with E-state index in [9.17, 15) is 5.11 Å². The maximum atomic E-state index is 9.49. The second kappa shape index (κ2) is 4.25. The second-order valence-electron chi connectivity index (χ2n) is 2.89. The van der Waals surface area contributed by atoms with Gasteiger partial charge in [-0.05, 0) is 18.6 Å². The number of aryl methyl sites for hydroxylation is 1. The molecule has 3 nitrogen and oxygen atoms in total. The van der Waals surface area contributed by atoms with E-state index in [1.807, 2.05) is 19.1 Å². The molecule has 0 spiro atoms. The van der Waals surface area contributed by atoms with E-state index in [4.69, 9.17) is 9.84 Å². The molecular weight excluding hydrogens is 168 g/mol. The van der Waals surface area contributed by atoms with Gasteiger partial charge < -0.3 is 14.9 Å². The van der Waals surface area contributed by atoms with Gasteiger partial charge in [-0.25, -0.2) is 0 Å². The summed E-state index contributed by atoms with van der Waals surface area (Å²) < 4.78 is 5.08. The van der Waals surface area contributed by atoms with Crippen LogP contribution in [0.25, 0.3) is 0 Å². The summed E-state index contributed by atoms with van der Waals surface area (Å²) in [5.74, 6) is 0.613. The van der Waals surface area contributed by atoms with Gasteiger partial charge in [-0.15, -0.1) is 0 Å². The van der Waals surface area contributed by atoms with Gasteiger partial charge in [0, 0.05) is 5.56 Å². The van der Waals surface area contributed by atoms with Crippen LogP contribution in [0, 0.1) is 6.92 Å². The highest BCUT2D eigenvalue weighted by Crippen LogP contribution is 2.27. The largest absolute Gasteiger partial charge is 0.496 e. The highest BCUT2D eigenvalue weighted by atomic mass is 16.5. The minimum absolute atomic E-state index is 0.290. The fourth-order valence-corrected chi connectivity index (χ4v) is 1.35. The van der Waals surface area contributed by atoms with Crippen LogP contribution < -0.4 is 4.74 Å². The summed E-state index contributed by atoms with van der Waals surface area (Å²) in [7, 11) is 1.54. The summed E-state index contributed by atoms with van der Waals surface area (Å²) in [5, 5.41) is 18.3. The molecule has 0 heterocycles. The maximum absolute atomic E-state index is 9.49. The first kappa shape index (κ1) is 10.0. The Hall–Kier alpha value is -1.06. The minimum Gasteiger partial charge on any atom is -0.496 e. The van der Waals surface area contributed by atoms with Gasteiger partial charge >= 0.3 is 0 Å². The van der Waals surface area contributed by atoms with Crippen molar-refractivity contribution in [3.05, 3.63) is 29.3 Å². The smallest absolute Gasteiger partial charge is 0.125 e. The monoisotopic (exact) mass is 182 g/mol.